The summed E-state index contributed by atoms with van der Waals surface area (Å²) in [6.45, 7) is 2.22. The molecule has 0 aliphatic heterocycles. The van der Waals surface area contributed by atoms with Crippen molar-refractivity contribution >= 4 is 0 Å². The summed E-state index contributed by atoms with van der Waals surface area (Å²) < 4.78 is 56.3. The molecule has 0 saturated heterocycles. The Kier molecular flexibility index (Phi) is 4.26. The summed E-state index contributed by atoms with van der Waals surface area (Å²) >= 11 is 0. The molecule has 122 valence electrons. The highest BCUT2D eigenvalue weighted by molar-refractivity contribution is 5.01. The number of fused-ring (bicyclic) bond motifs is 1. The number of halogens is 4. The van der Waals surface area contributed by atoms with Gasteiger partial charge in [-0.2, -0.15) is 0 Å². The molecule has 0 aromatic rings. The van der Waals surface area contributed by atoms with Crippen LogP contribution in [0.3, 0.4) is 0 Å². The Bertz CT molecular complexity index is 362. The van der Waals surface area contributed by atoms with Gasteiger partial charge in [-0.25, -0.2) is 17.6 Å². The third-order valence-electron chi connectivity index (χ3n) is 6.36. The highest BCUT2D eigenvalue weighted by atomic mass is 19.3. The molecule has 21 heavy (non-hydrogen) atoms. The van der Waals surface area contributed by atoms with Crippen LogP contribution in [0.25, 0.3) is 0 Å². The minimum absolute atomic E-state index is 0.0112. The lowest BCUT2D eigenvalue weighted by atomic mass is 9.60. The Balaban J connectivity index is 1.71. The Morgan fingerprint density at radius 1 is 0.810 bits per heavy atom. The fourth-order valence-corrected chi connectivity index (χ4v) is 5.11. The Morgan fingerprint density at radius 3 is 2.10 bits per heavy atom. The first-order valence-electron chi connectivity index (χ1n) is 8.54. The maximum Gasteiger partial charge on any atom is 0.254 e. The van der Waals surface area contributed by atoms with Gasteiger partial charge in [0.2, 0.25) is 0 Å². The van der Waals surface area contributed by atoms with E-state index in [1.54, 1.807) is 0 Å². The van der Waals surface area contributed by atoms with Crippen LogP contribution in [0.4, 0.5) is 17.6 Å². The highest BCUT2D eigenvalue weighted by Gasteiger charge is 2.58. The van der Waals surface area contributed by atoms with Crippen molar-refractivity contribution in [3.63, 3.8) is 0 Å². The fourth-order valence-electron chi connectivity index (χ4n) is 5.11. The monoisotopic (exact) mass is 306 g/mol. The first-order chi connectivity index (χ1) is 9.88. The van der Waals surface area contributed by atoms with Gasteiger partial charge in [0.05, 0.1) is 5.92 Å². The molecule has 0 spiro atoms. The third-order valence-corrected chi connectivity index (χ3v) is 6.36. The summed E-state index contributed by atoms with van der Waals surface area (Å²) in [5.41, 5.74) is 0. The minimum Gasteiger partial charge on any atom is -0.244 e. The van der Waals surface area contributed by atoms with E-state index in [0.29, 0.717) is 24.7 Å². The number of hydrogen-bond donors (Lipinski definition) is 0. The van der Waals surface area contributed by atoms with Gasteiger partial charge in [0.25, 0.3) is 5.92 Å². The van der Waals surface area contributed by atoms with Gasteiger partial charge in [-0.15, -0.1) is 0 Å². The van der Waals surface area contributed by atoms with Crippen molar-refractivity contribution < 1.29 is 17.6 Å². The van der Waals surface area contributed by atoms with Gasteiger partial charge in [-0.1, -0.05) is 19.8 Å². The SMILES string of the molecule is CC1CCC(C2CC3CCC(F)C(F)C3C(F)(F)C2)CC1. The van der Waals surface area contributed by atoms with Crippen molar-refractivity contribution in [3.05, 3.63) is 0 Å². The largest absolute Gasteiger partial charge is 0.254 e. The van der Waals surface area contributed by atoms with Crippen molar-refractivity contribution in [2.45, 2.75) is 76.6 Å². The maximum atomic E-state index is 14.4. The molecule has 3 aliphatic rings. The summed E-state index contributed by atoms with van der Waals surface area (Å²) in [7, 11) is 0. The van der Waals surface area contributed by atoms with Crippen LogP contribution in [-0.4, -0.2) is 18.3 Å². The van der Waals surface area contributed by atoms with Crippen molar-refractivity contribution in [3.8, 4) is 0 Å². The summed E-state index contributed by atoms with van der Waals surface area (Å²) in [4.78, 5) is 0. The second-order valence-electron chi connectivity index (χ2n) is 7.80. The lowest BCUT2D eigenvalue weighted by molar-refractivity contribution is -0.181. The van der Waals surface area contributed by atoms with Gasteiger partial charge in [0.15, 0.2) is 0 Å². The van der Waals surface area contributed by atoms with Gasteiger partial charge >= 0.3 is 0 Å². The van der Waals surface area contributed by atoms with E-state index in [1.165, 1.54) is 0 Å². The predicted octanol–water partition coefficient (Wildman–Crippen LogP) is 5.56. The molecule has 0 nitrogen and oxygen atoms in total. The molecular weight excluding hydrogens is 280 g/mol. The van der Waals surface area contributed by atoms with E-state index in [-0.39, 0.29) is 24.7 Å². The second-order valence-corrected chi connectivity index (χ2v) is 7.80. The van der Waals surface area contributed by atoms with Crippen LogP contribution in [0, 0.1) is 29.6 Å². The lowest BCUT2D eigenvalue weighted by Gasteiger charge is -2.49. The quantitative estimate of drug-likeness (QED) is 0.556. The molecule has 0 aromatic carbocycles. The third kappa shape index (κ3) is 2.96. The molecule has 3 saturated carbocycles. The average molecular weight is 306 g/mol. The maximum absolute atomic E-state index is 14.4. The first kappa shape index (κ1) is 15.6. The molecule has 3 rings (SSSR count). The standard InChI is InChI=1S/C17H26F4/c1-10-2-4-11(5-3-10)13-8-12-6-7-14(18)16(19)15(12)17(20,21)9-13/h10-16H,2-9H2,1H3. The Morgan fingerprint density at radius 2 is 1.43 bits per heavy atom. The lowest BCUT2D eigenvalue weighted by Crippen LogP contribution is -2.52. The molecule has 0 N–H and O–H groups in total. The summed E-state index contributed by atoms with van der Waals surface area (Å²) in [5, 5.41) is 0. The van der Waals surface area contributed by atoms with E-state index in [0.717, 1.165) is 25.7 Å². The van der Waals surface area contributed by atoms with Crippen LogP contribution >= 0.6 is 0 Å². The molecular formula is C17H26F4. The van der Waals surface area contributed by atoms with Gasteiger partial charge in [-0.3, -0.25) is 0 Å². The molecule has 0 bridgehead atoms. The topological polar surface area (TPSA) is 0 Å². The molecule has 0 heterocycles. The van der Waals surface area contributed by atoms with Crippen LogP contribution < -0.4 is 0 Å². The number of hydrogen-bond acceptors (Lipinski definition) is 0. The molecule has 0 amide bonds. The fraction of sp³-hybridized carbons (Fsp3) is 1.00. The van der Waals surface area contributed by atoms with Crippen molar-refractivity contribution in [2.24, 2.45) is 29.6 Å². The van der Waals surface area contributed by atoms with Crippen molar-refractivity contribution in [2.75, 3.05) is 0 Å². The molecule has 5 atom stereocenters. The Hall–Kier alpha value is -0.280. The molecule has 3 fully saturated rings. The van der Waals surface area contributed by atoms with Gasteiger partial charge < -0.3 is 0 Å². The summed E-state index contributed by atoms with van der Waals surface area (Å²) in [6.07, 6.45) is 1.67. The zero-order chi connectivity index (χ0) is 15.2. The highest BCUT2D eigenvalue weighted by Crippen LogP contribution is 2.55. The summed E-state index contributed by atoms with van der Waals surface area (Å²) in [6, 6.07) is 0. The number of rotatable bonds is 1. The van der Waals surface area contributed by atoms with Crippen molar-refractivity contribution in [1.82, 2.24) is 0 Å². The zero-order valence-corrected chi connectivity index (χ0v) is 12.7. The summed E-state index contributed by atoms with van der Waals surface area (Å²) in [5.74, 6) is -3.64. The predicted molar refractivity (Wildman–Crippen MR) is 74.8 cm³/mol. The Labute approximate surface area is 124 Å². The van der Waals surface area contributed by atoms with Crippen LogP contribution in [-0.2, 0) is 0 Å². The molecule has 0 radical (unpaired) electrons. The minimum atomic E-state index is -3.03. The second kappa shape index (κ2) is 5.73. The average Bonchev–Trinajstić information content (AvgIpc) is 2.42. The van der Waals surface area contributed by atoms with E-state index >= 15 is 0 Å². The first-order valence-corrected chi connectivity index (χ1v) is 8.54. The molecule has 5 unspecified atom stereocenters. The molecule has 3 aliphatic carbocycles. The van der Waals surface area contributed by atoms with Crippen LogP contribution in [0.15, 0.2) is 0 Å². The smallest absolute Gasteiger partial charge is 0.244 e. The van der Waals surface area contributed by atoms with Gasteiger partial charge in [0.1, 0.15) is 12.3 Å². The number of alkyl halides is 4. The zero-order valence-electron chi connectivity index (χ0n) is 12.7. The van der Waals surface area contributed by atoms with E-state index in [4.69, 9.17) is 0 Å². The van der Waals surface area contributed by atoms with E-state index in [1.807, 2.05) is 0 Å². The molecule has 4 heteroatoms. The van der Waals surface area contributed by atoms with Crippen LogP contribution in [0.2, 0.25) is 0 Å². The van der Waals surface area contributed by atoms with E-state index < -0.39 is 24.2 Å². The van der Waals surface area contributed by atoms with Crippen molar-refractivity contribution in [1.29, 1.82) is 0 Å². The normalized spacial score (nSPS) is 50.4. The van der Waals surface area contributed by atoms with Crippen LogP contribution in [0.1, 0.15) is 58.3 Å². The molecule has 0 aromatic heterocycles. The van der Waals surface area contributed by atoms with Crippen LogP contribution in [0.5, 0.6) is 0 Å². The van der Waals surface area contributed by atoms with Gasteiger partial charge in [0, 0.05) is 6.42 Å². The van der Waals surface area contributed by atoms with E-state index in [2.05, 4.69) is 6.92 Å². The van der Waals surface area contributed by atoms with Gasteiger partial charge in [-0.05, 0) is 55.8 Å². The van der Waals surface area contributed by atoms with E-state index in [9.17, 15) is 17.6 Å².